The highest BCUT2D eigenvalue weighted by Gasteiger charge is 2.26. The van der Waals surface area contributed by atoms with Crippen molar-refractivity contribution in [2.24, 2.45) is 0 Å². The smallest absolute Gasteiger partial charge is 0.267 e. The molecule has 176 valence electrons. The maximum Gasteiger partial charge on any atom is 0.269 e. The van der Waals surface area contributed by atoms with Gasteiger partial charge in [0.25, 0.3) is 11.8 Å². The Morgan fingerprint density at radius 1 is 0.765 bits per heavy atom. The van der Waals surface area contributed by atoms with Gasteiger partial charge in [0.15, 0.2) is 0 Å². The van der Waals surface area contributed by atoms with Crippen LogP contribution in [0.2, 0.25) is 0 Å². The molecule has 0 unspecified atom stereocenters. The van der Waals surface area contributed by atoms with Gasteiger partial charge < -0.3 is 0 Å². The van der Waals surface area contributed by atoms with Crippen molar-refractivity contribution >= 4 is 34.6 Å². The summed E-state index contributed by atoms with van der Waals surface area (Å²) in [6.45, 7) is 12.9. The van der Waals surface area contributed by atoms with Crippen molar-refractivity contribution < 1.29 is 9.59 Å². The molecule has 2 aromatic carbocycles. The van der Waals surface area contributed by atoms with Gasteiger partial charge in [-0.2, -0.15) is 13.8 Å². The maximum absolute atomic E-state index is 12.6. The second-order valence-corrected chi connectivity index (χ2v) is 10.8. The van der Waals surface area contributed by atoms with E-state index in [0.717, 1.165) is 34.3 Å². The number of aromatic nitrogens is 4. The van der Waals surface area contributed by atoms with E-state index in [0.29, 0.717) is 16.6 Å². The van der Waals surface area contributed by atoms with Crippen LogP contribution in [0.15, 0.2) is 48.5 Å². The van der Waals surface area contributed by atoms with Crippen molar-refractivity contribution in [3.8, 4) is 5.69 Å². The number of carbonyl (C=O) groups is 2. The minimum Gasteiger partial charge on any atom is -0.267 e. The van der Waals surface area contributed by atoms with Crippen LogP contribution in [0.4, 0.5) is 0 Å². The first kappa shape index (κ1) is 23.6. The topological polar surface area (TPSA) is 102 Å². The molecule has 8 nitrogen and oxygen atoms in total. The van der Waals surface area contributed by atoms with Gasteiger partial charge in [-0.3, -0.25) is 20.4 Å². The predicted molar refractivity (Wildman–Crippen MR) is 133 cm³/mol. The van der Waals surface area contributed by atoms with Crippen LogP contribution >= 0.6 is 11.7 Å². The van der Waals surface area contributed by atoms with E-state index < -0.39 is 11.8 Å². The zero-order valence-corrected chi connectivity index (χ0v) is 20.9. The van der Waals surface area contributed by atoms with Crippen molar-refractivity contribution in [2.45, 2.75) is 52.4 Å². The third kappa shape index (κ3) is 4.84. The first-order valence-corrected chi connectivity index (χ1v) is 11.7. The van der Waals surface area contributed by atoms with Gasteiger partial charge in [-0.1, -0.05) is 41.5 Å². The van der Waals surface area contributed by atoms with Crippen molar-refractivity contribution in [3.05, 3.63) is 71.0 Å². The molecule has 0 saturated carbocycles. The number of benzene rings is 2. The summed E-state index contributed by atoms with van der Waals surface area (Å²) in [5.74, 6) is -0.843. The molecule has 0 radical (unpaired) electrons. The molecule has 34 heavy (non-hydrogen) atoms. The molecular weight excluding hydrogens is 448 g/mol. The van der Waals surface area contributed by atoms with Crippen LogP contribution in [0.1, 0.15) is 73.6 Å². The van der Waals surface area contributed by atoms with Gasteiger partial charge >= 0.3 is 0 Å². The van der Waals surface area contributed by atoms with Gasteiger partial charge in [0, 0.05) is 27.7 Å². The Morgan fingerprint density at radius 2 is 1.35 bits per heavy atom. The minimum absolute atomic E-state index is 0.0795. The number of carbonyl (C=O) groups excluding carboxylic acids is 2. The second kappa shape index (κ2) is 8.64. The molecular formula is C25H28N6O2S. The zero-order valence-electron chi connectivity index (χ0n) is 20.1. The Hall–Kier alpha value is -3.59. The lowest BCUT2D eigenvalue weighted by Crippen LogP contribution is -2.41. The third-order valence-electron chi connectivity index (χ3n) is 5.43. The molecule has 4 rings (SSSR count). The third-order valence-corrected chi connectivity index (χ3v) is 5.98. The predicted octanol–water partition coefficient (Wildman–Crippen LogP) is 4.55. The summed E-state index contributed by atoms with van der Waals surface area (Å²) >= 11 is 1.09. The number of amides is 2. The SMILES string of the molecule is CC(C)(C)c1cc(C(C)(C)C)n(-c2ccc(C(=O)NNC(=O)c3ccc4nsnc4c3)cc2)n1. The lowest BCUT2D eigenvalue weighted by Gasteiger charge is -2.20. The van der Waals surface area contributed by atoms with Gasteiger partial charge in [-0.25, -0.2) is 4.68 Å². The van der Waals surface area contributed by atoms with Crippen molar-refractivity contribution in [2.75, 3.05) is 0 Å². The summed E-state index contributed by atoms with van der Waals surface area (Å²) in [6, 6.07) is 14.3. The van der Waals surface area contributed by atoms with Crippen LogP contribution in [0.3, 0.4) is 0 Å². The summed E-state index contributed by atoms with van der Waals surface area (Å²) in [4.78, 5) is 25.0. The number of hydrogen-bond donors (Lipinski definition) is 2. The minimum atomic E-state index is -0.430. The van der Waals surface area contributed by atoms with E-state index in [4.69, 9.17) is 5.10 Å². The molecule has 9 heteroatoms. The Balaban J connectivity index is 1.48. The first-order valence-electron chi connectivity index (χ1n) is 11.0. The highest BCUT2D eigenvalue weighted by Crippen LogP contribution is 2.30. The number of fused-ring (bicyclic) bond motifs is 1. The largest absolute Gasteiger partial charge is 0.269 e. The molecule has 2 aromatic heterocycles. The zero-order chi connectivity index (χ0) is 24.7. The monoisotopic (exact) mass is 476 g/mol. The van der Waals surface area contributed by atoms with Crippen molar-refractivity contribution in [1.29, 1.82) is 0 Å². The van der Waals surface area contributed by atoms with Crippen LogP contribution in [0.5, 0.6) is 0 Å². The summed E-state index contributed by atoms with van der Waals surface area (Å²) < 4.78 is 10.2. The average Bonchev–Trinajstić information content (AvgIpc) is 3.43. The van der Waals surface area contributed by atoms with E-state index in [1.54, 1.807) is 30.3 Å². The van der Waals surface area contributed by atoms with Gasteiger partial charge in [0.1, 0.15) is 11.0 Å². The number of hydrogen-bond acceptors (Lipinski definition) is 6. The van der Waals surface area contributed by atoms with Crippen LogP contribution in [0.25, 0.3) is 16.7 Å². The van der Waals surface area contributed by atoms with Crippen LogP contribution in [0, 0.1) is 0 Å². The fourth-order valence-electron chi connectivity index (χ4n) is 3.41. The Labute approximate surface area is 202 Å². The molecule has 0 fully saturated rings. The molecule has 0 aliphatic carbocycles. The normalized spacial score (nSPS) is 12.1. The molecule has 2 heterocycles. The molecule has 0 bridgehead atoms. The highest BCUT2D eigenvalue weighted by molar-refractivity contribution is 7.00. The molecule has 0 saturated heterocycles. The Bertz CT molecular complexity index is 1360. The van der Waals surface area contributed by atoms with E-state index >= 15 is 0 Å². The number of nitrogens with zero attached hydrogens (tertiary/aromatic N) is 4. The molecule has 2 amide bonds. The molecule has 4 aromatic rings. The number of nitrogens with one attached hydrogen (secondary N) is 2. The first-order chi connectivity index (χ1) is 15.9. The van der Waals surface area contributed by atoms with E-state index in [9.17, 15) is 9.59 Å². The number of rotatable bonds is 3. The van der Waals surface area contributed by atoms with Gasteiger partial charge in [0.05, 0.1) is 23.1 Å². The van der Waals surface area contributed by atoms with Crippen LogP contribution < -0.4 is 10.9 Å². The lowest BCUT2D eigenvalue weighted by atomic mass is 9.88. The molecule has 0 aliphatic rings. The number of hydrazine groups is 1. The Kier molecular flexibility index (Phi) is 5.99. The molecule has 0 aliphatic heterocycles. The van der Waals surface area contributed by atoms with Crippen molar-refractivity contribution in [3.63, 3.8) is 0 Å². The highest BCUT2D eigenvalue weighted by atomic mass is 32.1. The standard InChI is InChI=1S/C25H28N6O2S/c1-24(2,3)20-14-21(25(4,5)6)31(28-20)17-10-7-15(8-11-17)22(32)26-27-23(33)16-9-12-18-19(13-16)30-34-29-18/h7-14H,1-6H3,(H,26,32)(H,27,33). The van der Waals surface area contributed by atoms with E-state index in [1.807, 2.05) is 16.8 Å². The van der Waals surface area contributed by atoms with Gasteiger partial charge in [-0.15, -0.1) is 0 Å². The molecule has 0 atom stereocenters. The quantitative estimate of drug-likeness (QED) is 0.423. The fourth-order valence-corrected chi connectivity index (χ4v) is 3.93. The Morgan fingerprint density at radius 3 is 1.97 bits per heavy atom. The van der Waals surface area contributed by atoms with Crippen molar-refractivity contribution in [1.82, 2.24) is 29.4 Å². The summed E-state index contributed by atoms with van der Waals surface area (Å²) in [6.07, 6.45) is 0. The van der Waals surface area contributed by atoms with E-state index in [1.165, 1.54) is 0 Å². The average molecular weight is 477 g/mol. The van der Waals surface area contributed by atoms with Crippen LogP contribution in [-0.4, -0.2) is 30.3 Å². The molecule has 0 spiro atoms. The second-order valence-electron chi connectivity index (χ2n) is 10.2. The molecule has 2 N–H and O–H groups in total. The van der Waals surface area contributed by atoms with E-state index in [2.05, 4.69) is 67.2 Å². The van der Waals surface area contributed by atoms with Gasteiger partial charge in [0.2, 0.25) is 0 Å². The summed E-state index contributed by atoms with van der Waals surface area (Å²) in [5.41, 5.74) is 9.87. The summed E-state index contributed by atoms with van der Waals surface area (Å²) in [5, 5.41) is 4.85. The summed E-state index contributed by atoms with van der Waals surface area (Å²) in [7, 11) is 0. The van der Waals surface area contributed by atoms with Crippen LogP contribution in [-0.2, 0) is 10.8 Å². The lowest BCUT2D eigenvalue weighted by molar-refractivity contribution is 0.0847. The van der Waals surface area contributed by atoms with Gasteiger partial charge in [-0.05, 0) is 48.5 Å². The maximum atomic E-state index is 12.6. The van der Waals surface area contributed by atoms with E-state index in [-0.39, 0.29) is 10.8 Å². The fraction of sp³-hybridized carbons (Fsp3) is 0.320.